The number of halogens is 1. The molecular formula is C11H15ClO2. The van der Waals surface area contributed by atoms with E-state index in [1.54, 1.807) is 13.2 Å². The fourth-order valence-electron chi connectivity index (χ4n) is 1.21. The van der Waals surface area contributed by atoms with Gasteiger partial charge in [0.05, 0.1) is 6.10 Å². The van der Waals surface area contributed by atoms with E-state index in [4.69, 9.17) is 16.3 Å². The number of ether oxygens (including phenoxy) is 1. The summed E-state index contributed by atoms with van der Waals surface area (Å²) in [6, 6.07) is 5.60. The molecular weight excluding hydrogens is 200 g/mol. The third kappa shape index (κ3) is 2.98. The van der Waals surface area contributed by atoms with Crippen LogP contribution in [0.1, 0.15) is 23.7 Å². The van der Waals surface area contributed by atoms with Gasteiger partial charge in [-0.2, -0.15) is 0 Å². The quantitative estimate of drug-likeness (QED) is 0.835. The zero-order valence-corrected chi connectivity index (χ0v) is 9.21. The van der Waals surface area contributed by atoms with E-state index < -0.39 is 6.10 Å². The molecule has 0 radical (unpaired) electrons. The van der Waals surface area contributed by atoms with E-state index >= 15 is 0 Å². The first-order valence-electron chi connectivity index (χ1n) is 4.58. The highest BCUT2D eigenvalue weighted by atomic mass is 35.5. The van der Waals surface area contributed by atoms with Crippen molar-refractivity contribution in [2.45, 2.75) is 19.4 Å². The Bertz CT molecular complexity index is 299. The third-order valence-corrected chi connectivity index (χ3v) is 2.58. The Morgan fingerprint density at radius 3 is 2.79 bits per heavy atom. The zero-order chi connectivity index (χ0) is 10.6. The van der Waals surface area contributed by atoms with E-state index in [1.165, 1.54) is 0 Å². The largest absolute Gasteiger partial charge is 0.388 e. The Morgan fingerprint density at radius 1 is 1.50 bits per heavy atom. The van der Waals surface area contributed by atoms with Crippen LogP contribution in [0.15, 0.2) is 18.2 Å². The van der Waals surface area contributed by atoms with Gasteiger partial charge in [-0.15, -0.1) is 0 Å². The summed E-state index contributed by atoms with van der Waals surface area (Å²) in [4.78, 5) is 0. The smallest absolute Gasteiger partial charge is 0.0812 e. The van der Waals surface area contributed by atoms with Crippen molar-refractivity contribution in [3.8, 4) is 0 Å². The Morgan fingerprint density at radius 2 is 2.21 bits per heavy atom. The van der Waals surface area contributed by atoms with Crippen LogP contribution in [0.3, 0.4) is 0 Å². The van der Waals surface area contributed by atoms with Gasteiger partial charge in [0, 0.05) is 25.2 Å². The topological polar surface area (TPSA) is 29.5 Å². The molecule has 0 spiro atoms. The lowest BCUT2D eigenvalue weighted by Gasteiger charge is -2.11. The summed E-state index contributed by atoms with van der Waals surface area (Å²) < 4.78 is 4.89. The van der Waals surface area contributed by atoms with Crippen molar-refractivity contribution < 1.29 is 9.84 Å². The van der Waals surface area contributed by atoms with Crippen molar-refractivity contribution in [2.24, 2.45) is 0 Å². The SMILES string of the molecule is COCCC(O)c1ccc(C)c(Cl)c1. The monoisotopic (exact) mass is 214 g/mol. The normalized spacial score (nSPS) is 12.9. The molecule has 0 saturated heterocycles. The molecule has 0 heterocycles. The lowest BCUT2D eigenvalue weighted by molar-refractivity contribution is 0.110. The van der Waals surface area contributed by atoms with Crippen LogP contribution < -0.4 is 0 Å². The predicted molar refractivity (Wildman–Crippen MR) is 57.6 cm³/mol. The number of benzene rings is 1. The van der Waals surface area contributed by atoms with Crippen LogP contribution >= 0.6 is 11.6 Å². The molecule has 0 aliphatic carbocycles. The number of aliphatic hydroxyl groups excluding tert-OH is 1. The van der Waals surface area contributed by atoms with Gasteiger partial charge < -0.3 is 9.84 Å². The Labute approximate surface area is 89.5 Å². The summed E-state index contributed by atoms with van der Waals surface area (Å²) >= 11 is 5.95. The van der Waals surface area contributed by atoms with Gasteiger partial charge in [0.2, 0.25) is 0 Å². The first kappa shape index (κ1) is 11.5. The molecule has 0 amide bonds. The highest BCUT2D eigenvalue weighted by Gasteiger charge is 2.08. The van der Waals surface area contributed by atoms with E-state index in [9.17, 15) is 5.11 Å². The number of aryl methyl sites for hydroxylation is 1. The summed E-state index contributed by atoms with van der Waals surface area (Å²) in [5.41, 5.74) is 1.87. The molecule has 0 aromatic heterocycles. The fourth-order valence-corrected chi connectivity index (χ4v) is 1.40. The standard InChI is InChI=1S/C11H15ClO2/c1-8-3-4-9(7-10(8)12)11(13)5-6-14-2/h3-4,7,11,13H,5-6H2,1-2H3. The molecule has 0 aliphatic rings. The summed E-state index contributed by atoms with van der Waals surface area (Å²) in [7, 11) is 1.62. The first-order chi connectivity index (χ1) is 6.65. The van der Waals surface area contributed by atoms with Crippen LogP contribution in [0, 0.1) is 6.92 Å². The maximum atomic E-state index is 9.73. The van der Waals surface area contributed by atoms with E-state index in [1.807, 2.05) is 19.1 Å². The van der Waals surface area contributed by atoms with Crippen LogP contribution in [0.4, 0.5) is 0 Å². The number of hydrogen-bond acceptors (Lipinski definition) is 2. The van der Waals surface area contributed by atoms with E-state index in [0.717, 1.165) is 11.1 Å². The molecule has 2 nitrogen and oxygen atoms in total. The minimum absolute atomic E-state index is 0.493. The van der Waals surface area contributed by atoms with Crippen LogP contribution in [0.25, 0.3) is 0 Å². The molecule has 0 fully saturated rings. The first-order valence-corrected chi connectivity index (χ1v) is 4.96. The summed E-state index contributed by atoms with van der Waals surface area (Å²) in [5, 5.41) is 10.4. The van der Waals surface area contributed by atoms with Crippen molar-refractivity contribution in [1.29, 1.82) is 0 Å². The van der Waals surface area contributed by atoms with Gasteiger partial charge in [-0.25, -0.2) is 0 Å². The predicted octanol–water partition coefficient (Wildman–Crippen LogP) is 2.72. The van der Waals surface area contributed by atoms with Crippen LogP contribution in [-0.2, 0) is 4.74 Å². The average Bonchev–Trinajstić information content (AvgIpc) is 2.18. The van der Waals surface area contributed by atoms with E-state index in [2.05, 4.69) is 0 Å². The van der Waals surface area contributed by atoms with Gasteiger partial charge in [0.25, 0.3) is 0 Å². The Hall–Kier alpha value is -0.570. The van der Waals surface area contributed by atoms with Gasteiger partial charge in [0.1, 0.15) is 0 Å². The molecule has 1 unspecified atom stereocenters. The second kappa shape index (κ2) is 5.35. The fraction of sp³-hybridized carbons (Fsp3) is 0.455. The number of hydrogen-bond donors (Lipinski definition) is 1. The average molecular weight is 215 g/mol. The van der Waals surface area contributed by atoms with E-state index in [-0.39, 0.29) is 0 Å². The highest BCUT2D eigenvalue weighted by Crippen LogP contribution is 2.22. The molecule has 0 aliphatic heterocycles. The van der Waals surface area contributed by atoms with Crippen molar-refractivity contribution in [3.05, 3.63) is 34.3 Å². The number of aliphatic hydroxyl groups is 1. The molecule has 0 saturated carbocycles. The third-order valence-electron chi connectivity index (χ3n) is 2.18. The Balaban J connectivity index is 2.70. The number of methoxy groups -OCH3 is 1. The molecule has 1 aromatic rings. The van der Waals surface area contributed by atoms with Gasteiger partial charge in [-0.05, 0) is 24.1 Å². The molecule has 1 atom stereocenters. The summed E-state index contributed by atoms with van der Waals surface area (Å²) in [5.74, 6) is 0. The molecule has 1 rings (SSSR count). The van der Waals surface area contributed by atoms with Crippen molar-refractivity contribution in [1.82, 2.24) is 0 Å². The highest BCUT2D eigenvalue weighted by molar-refractivity contribution is 6.31. The Kier molecular flexibility index (Phi) is 4.39. The molecule has 14 heavy (non-hydrogen) atoms. The van der Waals surface area contributed by atoms with Gasteiger partial charge in [-0.3, -0.25) is 0 Å². The lowest BCUT2D eigenvalue weighted by atomic mass is 10.1. The van der Waals surface area contributed by atoms with Crippen LogP contribution in [0.2, 0.25) is 5.02 Å². The van der Waals surface area contributed by atoms with Gasteiger partial charge >= 0.3 is 0 Å². The molecule has 78 valence electrons. The van der Waals surface area contributed by atoms with Crippen molar-refractivity contribution in [2.75, 3.05) is 13.7 Å². The van der Waals surface area contributed by atoms with Gasteiger partial charge in [0.15, 0.2) is 0 Å². The molecule has 3 heteroatoms. The van der Waals surface area contributed by atoms with Crippen LogP contribution in [-0.4, -0.2) is 18.8 Å². The van der Waals surface area contributed by atoms with Gasteiger partial charge in [-0.1, -0.05) is 23.7 Å². The minimum Gasteiger partial charge on any atom is -0.388 e. The lowest BCUT2D eigenvalue weighted by Crippen LogP contribution is -2.01. The maximum absolute atomic E-state index is 9.73. The second-order valence-corrected chi connectivity index (χ2v) is 3.71. The van der Waals surface area contributed by atoms with E-state index in [0.29, 0.717) is 18.1 Å². The second-order valence-electron chi connectivity index (χ2n) is 3.31. The zero-order valence-electron chi connectivity index (χ0n) is 8.46. The number of rotatable bonds is 4. The molecule has 1 aromatic carbocycles. The maximum Gasteiger partial charge on any atom is 0.0812 e. The minimum atomic E-state index is -0.493. The summed E-state index contributed by atoms with van der Waals surface area (Å²) in [6.45, 7) is 2.49. The van der Waals surface area contributed by atoms with Crippen LogP contribution in [0.5, 0.6) is 0 Å². The van der Waals surface area contributed by atoms with Crippen molar-refractivity contribution >= 4 is 11.6 Å². The van der Waals surface area contributed by atoms with Crippen molar-refractivity contribution in [3.63, 3.8) is 0 Å². The summed E-state index contributed by atoms with van der Waals surface area (Å²) in [6.07, 6.45) is 0.101. The molecule has 0 bridgehead atoms. The molecule has 1 N–H and O–H groups in total.